The van der Waals surface area contributed by atoms with E-state index < -0.39 is 12.1 Å². The van der Waals surface area contributed by atoms with Gasteiger partial charge in [-0.2, -0.15) is 0 Å². The van der Waals surface area contributed by atoms with Crippen molar-refractivity contribution in [3.05, 3.63) is 0 Å². The Balaban J connectivity index is 0.000000241. The first-order chi connectivity index (χ1) is 6.65. The van der Waals surface area contributed by atoms with Gasteiger partial charge in [0.15, 0.2) is 6.10 Å². The standard InChI is InChI=1S/C6H15N.C4H6O3/c1-4-7(5-2)6-3;5-4(6)3-1-2-7-3/h4-6H2,1-3H3;3H,1-2H2,(H,5,6). The molecule has 0 aromatic heterocycles. The first-order valence-electron chi connectivity index (χ1n) is 5.22. The lowest BCUT2D eigenvalue weighted by Gasteiger charge is -2.21. The first-order valence-corrected chi connectivity index (χ1v) is 5.22. The zero-order chi connectivity index (χ0) is 11.0. The summed E-state index contributed by atoms with van der Waals surface area (Å²) in [6.45, 7) is 10.7. The third-order valence-corrected chi connectivity index (χ3v) is 2.32. The van der Waals surface area contributed by atoms with Gasteiger partial charge in [-0.15, -0.1) is 0 Å². The Hall–Kier alpha value is -0.610. The summed E-state index contributed by atoms with van der Waals surface area (Å²) >= 11 is 0. The molecule has 1 rings (SSSR count). The maximum absolute atomic E-state index is 9.86. The quantitative estimate of drug-likeness (QED) is 0.746. The Morgan fingerprint density at radius 2 is 1.79 bits per heavy atom. The van der Waals surface area contributed by atoms with Gasteiger partial charge >= 0.3 is 5.97 Å². The number of hydrogen-bond acceptors (Lipinski definition) is 3. The van der Waals surface area contributed by atoms with E-state index in [1.807, 2.05) is 0 Å². The Morgan fingerprint density at radius 3 is 1.79 bits per heavy atom. The van der Waals surface area contributed by atoms with Gasteiger partial charge in [-0.1, -0.05) is 20.8 Å². The lowest BCUT2D eigenvalue weighted by molar-refractivity contribution is -0.162. The summed E-state index contributed by atoms with van der Waals surface area (Å²) in [7, 11) is 0. The Morgan fingerprint density at radius 1 is 1.36 bits per heavy atom. The number of carbonyl (C=O) groups is 1. The molecule has 1 aliphatic heterocycles. The summed E-state index contributed by atoms with van der Waals surface area (Å²) in [4.78, 5) is 12.2. The van der Waals surface area contributed by atoms with Crippen molar-refractivity contribution in [1.82, 2.24) is 4.90 Å². The van der Waals surface area contributed by atoms with Gasteiger partial charge in [0.1, 0.15) is 0 Å². The number of ether oxygens (including phenoxy) is 1. The minimum absolute atomic E-state index is 0.500. The fraction of sp³-hybridized carbons (Fsp3) is 0.900. The highest BCUT2D eigenvalue weighted by Gasteiger charge is 2.24. The summed E-state index contributed by atoms with van der Waals surface area (Å²) in [5.41, 5.74) is 0. The second-order valence-corrected chi connectivity index (χ2v) is 3.11. The van der Waals surface area contributed by atoms with E-state index in [4.69, 9.17) is 5.11 Å². The molecular weight excluding hydrogens is 182 g/mol. The van der Waals surface area contributed by atoms with Crippen LogP contribution in [0.5, 0.6) is 0 Å². The van der Waals surface area contributed by atoms with E-state index in [0.717, 1.165) is 0 Å². The molecule has 0 aromatic carbocycles. The highest BCUT2D eigenvalue weighted by atomic mass is 16.5. The molecule has 0 radical (unpaired) electrons. The largest absolute Gasteiger partial charge is 0.479 e. The third-order valence-electron chi connectivity index (χ3n) is 2.32. The number of hydrogen-bond donors (Lipinski definition) is 1. The highest BCUT2D eigenvalue weighted by Crippen LogP contribution is 2.09. The van der Waals surface area contributed by atoms with Crippen molar-refractivity contribution in [2.45, 2.75) is 33.3 Å². The second-order valence-electron chi connectivity index (χ2n) is 3.11. The summed E-state index contributed by atoms with van der Waals surface area (Å²) in [6.07, 6.45) is 0.176. The van der Waals surface area contributed by atoms with E-state index in [9.17, 15) is 4.79 Å². The van der Waals surface area contributed by atoms with Crippen molar-refractivity contribution in [1.29, 1.82) is 0 Å². The molecule has 1 unspecified atom stereocenters. The number of rotatable bonds is 4. The van der Waals surface area contributed by atoms with Crippen molar-refractivity contribution in [2.24, 2.45) is 0 Å². The Kier molecular flexibility index (Phi) is 7.42. The number of carboxylic acids is 1. The predicted octanol–water partition coefficient (Wildman–Crippen LogP) is 1.21. The molecule has 14 heavy (non-hydrogen) atoms. The van der Waals surface area contributed by atoms with E-state index >= 15 is 0 Å². The van der Waals surface area contributed by atoms with Crippen molar-refractivity contribution >= 4 is 5.97 Å². The molecule has 1 heterocycles. The van der Waals surface area contributed by atoms with E-state index in [-0.39, 0.29) is 0 Å². The van der Waals surface area contributed by atoms with Gasteiger partial charge in [-0.3, -0.25) is 0 Å². The summed E-state index contributed by atoms with van der Waals surface area (Å²) in [5.74, 6) is -0.841. The molecule has 1 N–H and O–H groups in total. The molecule has 1 atom stereocenters. The van der Waals surface area contributed by atoms with Crippen LogP contribution in [0, 0.1) is 0 Å². The van der Waals surface area contributed by atoms with Crippen molar-refractivity contribution in [3.63, 3.8) is 0 Å². The van der Waals surface area contributed by atoms with Crippen molar-refractivity contribution in [2.75, 3.05) is 26.2 Å². The Labute approximate surface area is 85.9 Å². The second kappa shape index (κ2) is 7.76. The van der Waals surface area contributed by atoms with Crippen LogP contribution in [0.3, 0.4) is 0 Å². The maximum atomic E-state index is 9.86. The lowest BCUT2D eigenvalue weighted by Crippen LogP contribution is -2.34. The van der Waals surface area contributed by atoms with E-state index in [2.05, 4.69) is 30.4 Å². The fourth-order valence-corrected chi connectivity index (χ4v) is 1.10. The molecule has 4 nitrogen and oxygen atoms in total. The molecule has 1 saturated heterocycles. The molecular formula is C10H21NO3. The molecule has 0 bridgehead atoms. The number of aliphatic carboxylic acids is 1. The van der Waals surface area contributed by atoms with E-state index in [1.54, 1.807) is 0 Å². The number of carboxylic acid groups (broad SMARTS) is 1. The van der Waals surface area contributed by atoms with Crippen LogP contribution in [-0.2, 0) is 9.53 Å². The minimum Gasteiger partial charge on any atom is -0.479 e. The van der Waals surface area contributed by atoms with Crippen LogP contribution in [0.15, 0.2) is 0 Å². The van der Waals surface area contributed by atoms with Gasteiger partial charge in [-0.05, 0) is 19.6 Å². The van der Waals surface area contributed by atoms with Gasteiger partial charge in [-0.25, -0.2) is 4.79 Å². The molecule has 0 aromatic rings. The SMILES string of the molecule is CCN(CC)CC.O=C(O)C1CCO1. The molecule has 1 fully saturated rings. The fourth-order valence-electron chi connectivity index (χ4n) is 1.10. The van der Waals surface area contributed by atoms with E-state index in [1.165, 1.54) is 19.6 Å². The van der Waals surface area contributed by atoms with Crippen LogP contribution >= 0.6 is 0 Å². The zero-order valence-electron chi connectivity index (χ0n) is 9.32. The normalized spacial score (nSPS) is 19.6. The maximum Gasteiger partial charge on any atom is 0.332 e. The lowest BCUT2D eigenvalue weighted by atomic mass is 10.2. The van der Waals surface area contributed by atoms with Crippen LogP contribution < -0.4 is 0 Å². The smallest absolute Gasteiger partial charge is 0.332 e. The molecule has 0 spiro atoms. The van der Waals surface area contributed by atoms with E-state index in [0.29, 0.717) is 13.0 Å². The van der Waals surface area contributed by atoms with Crippen molar-refractivity contribution in [3.8, 4) is 0 Å². The first kappa shape index (κ1) is 13.4. The third kappa shape index (κ3) is 5.19. The van der Waals surface area contributed by atoms with Crippen molar-refractivity contribution < 1.29 is 14.6 Å². The highest BCUT2D eigenvalue weighted by molar-refractivity contribution is 5.72. The Bertz CT molecular complexity index is 148. The topological polar surface area (TPSA) is 49.8 Å². The summed E-state index contributed by atoms with van der Waals surface area (Å²) < 4.78 is 4.59. The molecule has 84 valence electrons. The molecule has 0 amide bonds. The van der Waals surface area contributed by atoms with Crippen LogP contribution in [0.2, 0.25) is 0 Å². The van der Waals surface area contributed by atoms with Gasteiger partial charge < -0.3 is 14.7 Å². The molecule has 4 heteroatoms. The zero-order valence-corrected chi connectivity index (χ0v) is 9.32. The van der Waals surface area contributed by atoms with Crippen LogP contribution in [-0.4, -0.2) is 48.3 Å². The summed E-state index contributed by atoms with van der Waals surface area (Å²) in [5, 5.41) is 8.11. The van der Waals surface area contributed by atoms with Crippen LogP contribution in [0.1, 0.15) is 27.2 Å². The minimum atomic E-state index is -0.841. The molecule has 0 saturated carbocycles. The summed E-state index contributed by atoms with van der Waals surface area (Å²) in [6, 6.07) is 0. The van der Waals surface area contributed by atoms with Gasteiger partial charge in [0.25, 0.3) is 0 Å². The predicted molar refractivity (Wildman–Crippen MR) is 55.5 cm³/mol. The molecule has 0 aliphatic carbocycles. The van der Waals surface area contributed by atoms with Gasteiger partial charge in [0.2, 0.25) is 0 Å². The average Bonchev–Trinajstić information content (AvgIpc) is 2.04. The van der Waals surface area contributed by atoms with Gasteiger partial charge in [0, 0.05) is 6.42 Å². The number of nitrogens with zero attached hydrogens (tertiary/aromatic N) is 1. The van der Waals surface area contributed by atoms with Crippen LogP contribution in [0.25, 0.3) is 0 Å². The van der Waals surface area contributed by atoms with Gasteiger partial charge in [0.05, 0.1) is 6.61 Å². The average molecular weight is 203 g/mol. The monoisotopic (exact) mass is 203 g/mol. The molecule has 1 aliphatic rings. The van der Waals surface area contributed by atoms with Crippen LogP contribution in [0.4, 0.5) is 0 Å².